The Morgan fingerprint density at radius 2 is 2.00 bits per heavy atom. The Kier molecular flexibility index (Phi) is 4.93. The first-order valence-electron chi connectivity index (χ1n) is 6.57. The molecule has 18 heavy (non-hydrogen) atoms. The molecular formula is C14H19F2NO. The number of hydrogen-bond donors (Lipinski definition) is 1. The Morgan fingerprint density at radius 1 is 1.22 bits per heavy atom. The van der Waals surface area contributed by atoms with Crippen molar-refractivity contribution in [3.05, 3.63) is 29.8 Å². The molecule has 1 aromatic carbocycles. The highest BCUT2D eigenvalue weighted by Crippen LogP contribution is 2.18. The van der Waals surface area contributed by atoms with Crippen molar-refractivity contribution in [3.8, 4) is 5.75 Å². The van der Waals surface area contributed by atoms with Crippen LogP contribution in [0.4, 0.5) is 8.78 Å². The number of nitrogens with one attached hydrogen (secondary N) is 1. The Hall–Kier alpha value is -1.16. The van der Waals surface area contributed by atoms with Crippen molar-refractivity contribution in [3.63, 3.8) is 0 Å². The van der Waals surface area contributed by atoms with Gasteiger partial charge in [0, 0.05) is 12.1 Å². The quantitative estimate of drug-likeness (QED) is 0.788. The lowest BCUT2D eigenvalue weighted by Crippen LogP contribution is -2.27. The number of benzene rings is 1. The molecule has 1 aliphatic carbocycles. The number of hydrogen-bond acceptors (Lipinski definition) is 2. The molecule has 0 atom stereocenters. The summed E-state index contributed by atoms with van der Waals surface area (Å²) in [7, 11) is 0. The fraction of sp³-hybridized carbons (Fsp3) is 0.571. The second-order valence-electron chi connectivity index (χ2n) is 4.71. The van der Waals surface area contributed by atoms with E-state index in [-0.39, 0.29) is 5.75 Å². The molecule has 0 radical (unpaired) electrons. The zero-order chi connectivity index (χ0) is 12.8. The van der Waals surface area contributed by atoms with Gasteiger partial charge in [0.2, 0.25) is 0 Å². The Bertz CT molecular complexity index is 378. The van der Waals surface area contributed by atoms with Gasteiger partial charge in [0.25, 0.3) is 0 Å². The number of halogens is 2. The van der Waals surface area contributed by atoms with Gasteiger partial charge in [-0.1, -0.05) is 12.8 Å². The monoisotopic (exact) mass is 255 g/mol. The molecule has 0 aliphatic heterocycles. The summed E-state index contributed by atoms with van der Waals surface area (Å²) < 4.78 is 31.2. The van der Waals surface area contributed by atoms with E-state index in [1.165, 1.54) is 37.8 Å². The summed E-state index contributed by atoms with van der Waals surface area (Å²) in [5, 5.41) is 3.46. The minimum Gasteiger partial charge on any atom is -0.490 e. The van der Waals surface area contributed by atoms with Crippen LogP contribution >= 0.6 is 0 Å². The fourth-order valence-electron chi connectivity index (χ4n) is 2.28. The molecule has 1 N–H and O–H groups in total. The second-order valence-corrected chi connectivity index (χ2v) is 4.71. The van der Waals surface area contributed by atoms with E-state index in [2.05, 4.69) is 5.32 Å². The molecule has 1 fully saturated rings. The minimum atomic E-state index is -0.640. The van der Waals surface area contributed by atoms with E-state index in [1.54, 1.807) is 0 Å². The van der Waals surface area contributed by atoms with Gasteiger partial charge >= 0.3 is 0 Å². The maximum atomic E-state index is 13.2. The standard InChI is InChI=1S/C14H19F2NO/c15-11-6-7-14(13(16)10-11)18-9-3-8-17-12-4-1-2-5-12/h6-7,10,12,17H,1-5,8-9H2. The maximum Gasteiger partial charge on any atom is 0.167 e. The molecule has 0 aromatic heterocycles. The van der Waals surface area contributed by atoms with Crippen molar-refractivity contribution >= 4 is 0 Å². The molecule has 0 saturated heterocycles. The third kappa shape index (κ3) is 3.95. The molecule has 1 aliphatic rings. The molecular weight excluding hydrogens is 236 g/mol. The molecule has 1 saturated carbocycles. The normalized spacial score (nSPS) is 16.1. The molecule has 0 unspecified atom stereocenters. The van der Waals surface area contributed by atoms with Crippen molar-refractivity contribution in [2.24, 2.45) is 0 Å². The van der Waals surface area contributed by atoms with Gasteiger partial charge in [-0.25, -0.2) is 8.78 Å². The van der Waals surface area contributed by atoms with E-state index in [1.807, 2.05) is 0 Å². The van der Waals surface area contributed by atoms with Crippen molar-refractivity contribution in [2.75, 3.05) is 13.2 Å². The van der Waals surface area contributed by atoms with Gasteiger partial charge in [0.05, 0.1) is 6.61 Å². The van der Waals surface area contributed by atoms with E-state index >= 15 is 0 Å². The lowest BCUT2D eigenvalue weighted by atomic mass is 10.2. The highest BCUT2D eigenvalue weighted by molar-refractivity contribution is 5.24. The average molecular weight is 255 g/mol. The molecule has 2 nitrogen and oxygen atoms in total. The Balaban J connectivity index is 1.62. The van der Waals surface area contributed by atoms with Crippen molar-refractivity contribution in [2.45, 2.75) is 38.1 Å². The third-order valence-electron chi connectivity index (χ3n) is 3.26. The molecule has 100 valence electrons. The van der Waals surface area contributed by atoms with Crippen LogP contribution in [0.15, 0.2) is 18.2 Å². The molecule has 2 rings (SSSR count). The van der Waals surface area contributed by atoms with Gasteiger partial charge in [0.1, 0.15) is 5.82 Å². The average Bonchev–Trinajstić information content (AvgIpc) is 2.84. The summed E-state index contributed by atoms with van der Waals surface area (Å²) in [5.74, 6) is -1.10. The van der Waals surface area contributed by atoms with Crippen LogP contribution in [0.3, 0.4) is 0 Å². The zero-order valence-corrected chi connectivity index (χ0v) is 10.4. The van der Waals surface area contributed by atoms with Crippen LogP contribution in [0.1, 0.15) is 32.1 Å². The first-order valence-corrected chi connectivity index (χ1v) is 6.57. The van der Waals surface area contributed by atoms with Crippen LogP contribution in [0.2, 0.25) is 0 Å². The summed E-state index contributed by atoms with van der Waals surface area (Å²) >= 11 is 0. The summed E-state index contributed by atoms with van der Waals surface area (Å²) in [4.78, 5) is 0. The van der Waals surface area contributed by atoms with Gasteiger partial charge in [0.15, 0.2) is 11.6 Å². The zero-order valence-electron chi connectivity index (χ0n) is 10.4. The lowest BCUT2D eigenvalue weighted by Gasteiger charge is -2.12. The first-order chi connectivity index (χ1) is 8.75. The van der Waals surface area contributed by atoms with Gasteiger partial charge in [-0.2, -0.15) is 0 Å². The van der Waals surface area contributed by atoms with E-state index in [4.69, 9.17) is 4.74 Å². The summed E-state index contributed by atoms with van der Waals surface area (Å²) in [6.45, 7) is 1.33. The number of ether oxygens (including phenoxy) is 1. The predicted molar refractivity (Wildman–Crippen MR) is 66.7 cm³/mol. The highest BCUT2D eigenvalue weighted by atomic mass is 19.1. The molecule has 4 heteroatoms. The van der Waals surface area contributed by atoms with Gasteiger partial charge in [-0.15, -0.1) is 0 Å². The number of rotatable bonds is 6. The largest absolute Gasteiger partial charge is 0.490 e. The van der Waals surface area contributed by atoms with Crippen LogP contribution in [0.5, 0.6) is 5.75 Å². The highest BCUT2D eigenvalue weighted by Gasteiger charge is 2.13. The molecule has 0 spiro atoms. The van der Waals surface area contributed by atoms with Crippen molar-refractivity contribution in [1.29, 1.82) is 0 Å². The van der Waals surface area contributed by atoms with E-state index < -0.39 is 11.6 Å². The summed E-state index contributed by atoms with van der Waals surface area (Å²) in [6, 6.07) is 4.02. The summed E-state index contributed by atoms with van der Waals surface area (Å²) in [6.07, 6.45) is 5.97. The third-order valence-corrected chi connectivity index (χ3v) is 3.26. The van der Waals surface area contributed by atoms with Gasteiger partial charge in [-0.05, 0) is 37.9 Å². The van der Waals surface area contributed by atoms with Crippen LogP contribution in [0, 0.1) is 11.6 Å². The molecule has 1 aromatic rings. The minimum absolute atomic E-state index is 0.122. The van der Waals surface area contributed by atoms with E-state index in [0.717, 1.165) is 19.0 Å². The summed E-state index contributed by atoms with van der Waals surface area (Å²) in [5.41, 5.74) is 0. The maximum absolute atomic E-state index is 13.2. The van der Waals surface area contributed by atoms with E-state index in [9.17, 15) is 8.78 Å². The predicted octanol–water partition coefficient (Wildman–Crippen LogP) is 3.27. The topological polar surface area (TPSA) is 21.3 Å². The Labute approximate surface area is 106 Å². The first kappa shape index (κ1) is 13.3. The fourth-order valence-corrected chi connectivity index (χ4v) is 2.28. The van der Waals surface area contributed by atoms with Crippen LogP contribution in [-0.2, 0) is 0 Å². The smallest absolute Gasteiger partial charge is 0.167 e. The van der Waals surface area contributed by atoms with Crippen molar-refractivity contribution in [1.82, 2.24) is 5.32 Å². The van der Waals surface area contributed by atoms with Crippen LogP contribution < -0.4 is 10.1 Å². The van der Waals surface area contributed by atoms with Crippen molar-refractivity contribution < 1.29 is 13.5 Å². The van der Waals surface area contributed by atoms with E-state index in [0.29, 0.717) is 12.6 Å². The lowest BCUT2D eigenvalue weighted by molar-refractivity contribution is 0.289. The molecule has 0 heterocycles. The SMILES string of the molecule is Fc1ccc(OCCCNC2CCCC2)c(F)c1. The van der Waals surface area contributed by atoms with Crippen LogP contribution in [0.25, 0.3) is 0 Å². The van der Waals surface area contributed by atoms with Gasteiger partial charge < -0.3 is 10.1 Å². The molecule has 0 bridgehead atoms. The van der Waals surface area contributed by atoms with Crippen LogP contribution in [-0.4, -0.2) is 19.2 Å². The second kappa shape index (κ2) is 6.69. The Morgan fingerprint density at radius 3 is 2.72 bits per heavy atom. The molecule has 0 amide bonds. The van der Waals surface area contributed by atoms with Gasteiger partial charge in [-0.3, -0.25) is 0 Å².